The molecule has 1 N–H and O–H groups in total. The van der Waals surface area contributed by atoms with E-state index in [2.05, 4.69) is 5.32 Å². The van der Waals surface area contributed by atoms with Crippen LogP contribution in [0.3, 0.4) is 0 Å². The smallest absolute Gasteiger partial charge is 0.444 e. The molecule has 0 radical (unpaired) electrons. The second-order valence-electron chi connectivity index (χ2n) is 5.73. The molecule has 0 unspecified atom stereocenters. The van der Waals surface area contributed by atoms with Gasteiger partial charge in [-0.1, -0.05) is 0 Å². The van der Waals surface area contributed by atoms with Crippen LogP contribution in [0.4, 0.5) is 18.0 Å². The van der Waals surface area contributed by atoms with Crippen molar-refractivity contribution < 1.29 is 27.5 Å². The topological polar surface area (TPSA) is 58.6 Å². The zero-order chi connectivity index (χ0) is 15.6. The first-order valence-corrected chi connectivity index (χ1v) is 6.34. The molecule has 0 aromatic rings. The lowest BCUT2D eigenvalue weighted by Crippen LogP contribution is -2.53. The molecule has 0 aromatic carbocycles. The van der Waals surface area contributed by atoms with Crippen molar-refractivity contribution in [3.63, 3.8) is 0 Å². The van der Waals surface area contributed by atoms with Crippen molar-refractivity contribution in [1.29, 1.82) is 0 Å². The predicted molar refractivity (Wildman–Crippen MR) is 65.0 cm³/mol. The zero-order valence-corrected chi connectivity index (χ0v) is 11.7. The zero-order valence-electron chi connectivity index (χ0n) is 11.7. The van der Waals surface area contributed by atoms with Gasteiger partial charge < -0.3 is 15.0 Å². The molecule has 116 valence electrons. The van der Waals surface area contributed by atoms with Crippen LogP contribution in [0.25, 0.3) is 0 Å². The Morgan fingerprint density at radius 1 is 1.25 bits per heavy atom. The average molecular weight is 296 g/mol. The Bertz CT molecular complexity index is 377. The molecule has 1 heterocycles. The number of carbonyl (C=O) groups excluding carboxylic acids is 2. The van der Waals surface area contributed by atoms with E-state index in [1.54, 1.807) is 20.8 Å². The summed E-state index contributed by atoms with van der Waals surface area (Å²) in [5, 5.41) is 2.49. The summed E-state index contributed by atoms with van der Waals surface area (Å²) in [6.45, 7) is 4.95. The van der Waals surface area contributed by atoms with Gasteiger partial charge in [-0.3, -0.25) is 4.79 Å². The Morgan fingerprint density at radius 2 is 1.85 bits per heavy atom. The standard InChI is InChI=1S/C12H19F3N2O3/c1-11(2,3)20-10(19)16-8-5-4-6-17(7-8)9(18)12(13,14)15/h8H,4-7H2,1-3H3,(H,16,19)/t8-/m1/s1. The number of alkyl halides is 3. The van der Waals surface area contributed by atoms with Gasteiger partial charge in [0.05, 0.1) is 0 Å². The molecule has 0 aromatic heterocycles. The van der Waals surface area contributed by atoms with E-state index in [9.17, 15) is 22.8 Å². The number of halogens is 3. The van der Waals surface area contributed by atoms with Crippen LogP contribution >= 0.6 is 0 Å². The van der Waals surface area contributed by atoms with Crippen LogP contribution in [0.15, 0.2) is 0 Å². The first-order valence-electron chi connectivity index (χ1n) is 6.34. The molecule has 0 spiro atoms. The summed E-state index contributed by atoms with van der Waals surface area (Å²) in [4.78, 5) is 23.4. The van der Waals surface area contributed by atoms with Crippen molar-refractivity contribution in [2.45, 2.75) is 51.4 Å². The van der Waals surface area contributed by atoms with Crippen molar-refractivity contribution in [2.75, 3.05) is 13.1 Å². The lowest BCUT2D eigenvalue weighted by atomic mass is 10.1. The predicted octanol–water partition coefficient (Wildman–Crippen LogP) is 2.06. The second-order valence-corrected chi connectivity index (χ2v) is 5.73. The number of likely N-dealkylation sites (tertiary alicyclic amines) is 1. The Kier molecular flexibility index (Phi) is 4.88. The van der Waals surface area contributed by atoms with Crippen LogP contribution in [0.5, 0.6) is 0 Å². The fourth-order valence-electron chi connectivity index (χ4n) is 1.93. The van der Waals surface area contributed by atoms with Crippen molar-refractivity contribution in [1.82, 2.24) is 10.2 Å². The summed E-state index contributed by atoms with van der Waals surface area (Å²) < 4.78 is 42.1. The van der Waals surface area contributed by atoms with E-state index in [1.165, 1.54) is 0 Å². The number of rotatable bonds is 1. The van der Waals surface area contributed by atoms with Gasteiger partial charge in [0.25, 0.3) is 0 Å². The van der Waals surface area contributed by atoms with Crippen LogP contribution in [0.2, 0.25) is 0 Å². The molecule has 2 amide bonds. The highest BCUT2D eigenvalue weighted by atomic mass is 19.4. The van der Waals surface area contributed by atoms with Crippen LogP contribution in [0, 0.1) is 0 Å². The Balaban J connectivity index is 2.53. The van der Waals surface area contributed by atoms with Crippen LogP contribution in [-0.2, 0) is 9.53 Å². The van der Waals surface area contributed by atoms with Gasteiger partial charge in [0.2, 0.25) is 0 Å². The van der Waals surface area contributed by atoms with Gasteiger partial charge in [-0.2, -0.15) is 13.2 Å². The first kappa shape index (κ1) is 16.6. The number of piperidine rings is 1. The van der Waals surface area contributed by atoms with Crippen molar-refractivity contribution in [3.05, 3.63) is 0 Å². The van der Waals surface area contributed by atoms with E-state index in [0.717, 1.165) is 0 Å². The molecular formula is C12H19F3N2O3. The molecule has 1 saturated heterocycles. The number of alkyl carbamates (subject to hydrolysis) is 1. The summed E-state index contributed by atoms with van der Waals surface area (Å²) in [6, 6.07) is -0.523. The summed E-state index contributed by atoms with van der Waals surface area (Å²) in [7, 11) is 0. The lowest BCUT2D eigenvalue weighted by Gasteiger charge is -2.33. The van der Waals surface area contributed by atoms with Crippen LogP contribution in [-0.4, -0.2) is 47.8 Å². The third-order valence-electron chi connectivity index (χ3n) is 2.67. The second kappa shape index (κ2) is 5.88. The Morgan fingerprint density at radius 3 is 2.35 bits per heavy atom. The third-order valence-corrected chi connectivity index (χ3v) is 2.67. The van der Waals surface area contributed by atoms with Gasteiger partial charge in [-0.15, -0.1) is 0 Å². The van der Waals surface area contributed by atoms with Crippen LogP contribution < -0.4 is 5.32 Å². The molecule has 1 fully saturated rings. The van der Waals surface area contributed by atoms with Gasteiger partial charge in [0, 0.05) is 19.1 Å². The van der Waals surface area contributed by atoms with Crippen molar-refractivity contribution >= 4 is 12.0 Å². The molecule has 8 heteroatoms. The molecule has 20 heavy (non-hydrogen) atoms. The molecular weight excluding hydrogens is 277 g/mol. The number of hydrogen-bond acceptors (Lipinski definition) is 3. The molecule has 1 aliphatic rings. The van der Waals surface area contributed by atoms with Gasteiger partial charge in [0.1, 0.15) is 5.60 Å². The molecule has 0 bridgehead atoms. The highest BCUT2D eigenvalue weighted by Gasteiger charge is 2.43. The van der Waals surface area contributed by atoms with Gasteiger partial charge >= 0.3 is 18.2 Å². The Labute approximate surface area is 115 Å². The normalized spacial score (nSPS) is 20.5. The largest absolute Gasteiger partial charge is 0.471 e. The minimum Gasteiger partial charge on any atom is -0.444 e. The van der Waals surface area contributed by atoms with Crippen LogP contribution in [0.1, 0.15) is 33.6 Å². The molecule has 5 nitrogen and oxygen atoms in total. The fourth-order valence-corrected chi connectivity index (χ4v) is 1.93. The van der Waals surface area contributed by atoms with Gasteiger partial charge in [-0.05, 0) is 33.6 Å². The molecule has 0 saturated carbocycles. The minimum atomic E-state index is -4.88. The maximum absolute atomic E-state index is 12.3. The lowest BCUT2D eigenvalue weighted by molar-refractivity contribution is -0.186. The quantitative estimate of drug-likeness (QED) is 0.806. The van der Waals surface area contributed by atoms with E-state index in [-0.39, 0.29) is 13.1 Å². The van der Waals surface area contributed by atoms with Gasteiger partial charge in [0.15, 0.2) is 0 Å². The molecule has 0 aliphatic carbocycles. The summed E-state index contributed by atoms with van der Waals surface area (Å²) >= 11 is 0. The first-order chi connectivity index (χ1) is 8.99. The minimum absolute atomic E-state index is 0.0465. The number of carbonyl (C=O) groups is 2. The van der Waals surface area contributed by atoms with Gasteiger partial charge in [-0.25, -0.2) is 4.79 Å². The summed E-state index contributed by atoms with van der Waals surface area (Å²) in [5.41, 5.74) is -0.680. The van der Waals surface area contributed by atoms with Crippen molar-refractivity contribution in [3.8, 4) is 0 Å². The number of amides is 2. The monoisotopic (exact) mass is 296 g/mol. The fraction of sp³-hybridized carbons (Fsp3) is 0.833. The number of nitrogens with one attached hydrogen (secondary N) is 1. The number of hydrogen-bond donors (Lipinski definition) is 1. The highest BCUT2D eigenvalue weighted by Crippen LogP contribution is 2.21. The maximum atomic E-state index is 12.3. The SMILES string of the molecule is CC(C)(C)OC(=O)N[C@@H]1CCCN(C(=O)C(F)(F)F)C1. The molecule has 1 atom stereocenters. The molecule has 1 aliphatic heterocycles. The Hall–Kier alpha value is -1.47. The number of ether oxygens (including phenoxy) is 1. The van der Waals surface area contributed by atoms with Crippen molar-refractivity contribution in [2.24, 2.45) is 0 Å². The third kappa shape index (κ3) is 5.26. The summed E-state index contributed by atoms with van der Waals surface area (Å²) in [6.07, 6.45) is -4.65. The van der Waals surface area contributed by atoms with E-state index < -0.39 is 29.8 Å². The number of nitrogens with zero attached hydrogens (tertiary/aromatic N) is 1. The average Bonchev–Trinajstić information content (AvgIpc) is 2.24. The van der Waals surface area contributed by atoms with E-state index in [4.69, 9.17) is 4.74 Å². The van der Waals surface area contributed by atoms with E-state index in [1.807, 2.05) is 0 Å². The van der Waals surface area contributed by atoms with E-state index >= 15 is 0 Å². The summed E-state index contributed by atoms with van der Waals surface area (Å²) in [5.74, 6) is -1.87. The van der Waals surface area contributed by atoms with E-state index in [0.29, 0.717) is 17.7 Å². The maximum Gasteiger partial charge on any atom is 0.471 e. The molecule has 1 rings (SSSR count). The highest BCUT2D eigenvalue weighted by molar-refractivity contribution is 5.82.